The predicted molar refractivity (Wildman–Crippen MR) is 101 cm³/mol. The summed E-state index contributed by atoms with van der Waals surface area (Å²) >= 11 is 2.21. The zero-order chi connectivity index (χ0) is 17.2. The van der Waals surface area contributed by atoms with Gasteiger partial charge in [-0.15, -0.1) is 0 Å². The summed E-state index contributed by atoms with van der Waals surface area (Å²) in [7, 11) is -3.40. The minimum atomic E-state index is -3.40. The first kappa shape index (κ1) is 17.7. The molecule has 1 amide bonds. The Labute approximate surface area is 149 Å². The maximum atomic E-state index is 12.4. The molecule has 5 nitrogen and oxygen atoms in total. The maximum Gasteiger partial charge on any atom is 0.255 e. The second kappa shape index (κ2) is 6.88. The SMILES string of the molecule is Cc1cc(I)ccc1NC(=O)c1ccc(C)c(NS(C)(=O)=O)c1. The molecule has 2 rings (SSSR count). The van der Waals surface area contributed by atoms with Crippen molar-refractivity contribution in [3.8, 4) is 0 Å². The van der Waals surface area contributed by atoms with E-state index >= 15 is 0 Å². The number of halogens is 1. The highest BCUT2D eigenvalue weighted by Crippen LogP contribution is 2.21. The van der Waals surface area contributed by atoms with E-state index in [0.29, 0.717) is 11.3 Å². The third-order valence-corrected chi connectivity index (χ3v) is 4.49. The quantitative estimate of drug-likeness (QED) is 0.709. The highest BCUT2D eigenvalue weighted by atomic mass is 127. The minimum Gasteiger partial charge on any atom is -0.322 e. The first-order chi connectivity index (χ1) is 10.7. The zero-order valence-corrected chi connectivity index (χ0v) is 15.9. The Balaban J connectivity index is 2.27. The number of aryl methyl sites for hydroxylation is 2. The number of hydrogen-bond donors (Lipinski definition) is 2. The molecule has 2 aromatic carbocycles. The monoisotopic (exact) mass is 444 g/mol. The second-order valence-corrected chi connectivity index (χ2v) is 8.31. The van der Waals surface area contributed by atoms with E-state index in [4.69, 9.17) is 0 Å². The molecule has 0 aliphatic heterocycles. The molecule has 0 aliphatic rings. The fraction of sp³-hybridized carbons (Fsp3) is 0.188. The number of amides is 1. The van der Waals surface area contributed by atoms with E-state index in [2.05, 4.69) is 32.6 Å². The van der Waals surface area contributed by atoms with Gasteiger partial charge in [-0.2, -0.15) is 0 Å². The average molecular weight is 444 g/mol. The van der Waals surface area contributed by atoms with Gasteiger partial charge in [0.05, 0.1) is 11.9 Å². The molecule has 2 aromatic rings. The zero-order valence-electron chi connectivity index (χ0n) is 13.0. The summed E-state index contributed by atoms with van der Waals surface area (Å²) in [5.41, 5.74) is 3.23. The fourth-order valence-corrected chi connectivity index (χ4v) is 3.30. The van der Waals surface area contributed by atoms with Gasteiger partial charge >= 0.3 is 0 Å². The molecule has 0 bridgehead atoms. The van der Waals surface area contributed by atoms with E-state index in [0.717, 1.165) is 26.6 Å². The summed E-state index contributed by atoms with van der Waals surface area (Å²) in [6.45, 7) is 3.70. The van der Waals surface area contributed by atoms with Crippen LogP contribution in [-0.2, 0) is 10.0 Å². The van der Waals surface area contributed by atoms with Crippen molar-refractivity contribution in [3.63, 3.8) is 0 Å². The molecule has 0 spiro atoms. The fourth-order valence-electron chi connectivity index (χ4n) is 2.03. The molecule has 0 aromatic heterocycles. The van der Waals surface area contributed by atoms with Crippen LogP contribution in [0, 0.1) is 17.4 Å². The first-order valence-corrected chi connectivity index (χ1v) is 9.79. The molecule has 0 saturated carbocycles. The Morgan fingerprint density at radius 1 is 1.00 bits per heavy atom. The minimum absolute atomic E-state index is 0.286. The Morgan fingerprint density at radius 2 is 1.70 bits per heavy atom. The summed E-state index contributed by atoms with van der Waals surface area (Å²) in [6, 6.07) is 10.6. The molecule has 7 heteroatoms. The van der Waals surface area contributed by atoms with Crippen molar-refractivity contribution in [2.75, 3.05) is 16.3 Å². The van der Waals surface area contributed by atoms with Gasteiger partial charge in [-0.25, -0.2) is 8.42 Å². The van der Waals surface area contributed by atoms with Gasteiger partial charge in [0.2, 0.25) is 10.0 Å². The van der Waals surface area contributed by atoms with E-state index in [1.165, 1.54) is 6.07 Å². The number of carbonyl (C=O) groups is 1. The van der Waals surface area contributed by atoms with Crippen molar-refractivity contribution >= 4 is 49.9 Å². The molecular weight excluding hydrogens is 427 g/mol. The lowest BCUT2D eigenvalue weighted by atomic mass is 10.1. The molecule has 0 aliphatic carbocycles. The summed E-state index contributed by atoms with van der Waals surface area (Å²) in [6.07, 6.45) is 1.08. The van der Waals surface area contributed by atoms with Gasteiger partial charge < -0.3 is 5.32 Å². The molecule has 23 heavy (non-hydrogen) atoms. The average Bonchev–Trinajstić information content (AvgIpc) is 2.42. The molecule has 0 unspecified atom stereocenters. The van der Waals surface area contributed by atoms with Crippen molar-refractivity contribution in [3.05, 3.63) is 56.7 Å². The molecule has 2 N–H and O–H groups in total. The van der Waals surface area contributed by atoms with Gasteiger partial charge in [-0.3, -0.25) is 9.52 Å². The molecular formula is C16H17IN2O3S. The standard InChI is InChI=1S/C16H17IN2O3S/c1-10-4-5-12(9-15(10)19-23(3,21)22)16(20)18-14-7-6-13(17)8-11(14)2/h4-9,19H,1-3H3,(H,18,20). The van der Waals surface area contributed by atoms with Crippen LogP contribution in [0.5, 0.6) is 0 Å². The first-order valence-electron chi connectivity index (χ1n) is 6.81. The van der Waals surface area contributed by atoms with E-state index in [1.54, 1.807) is 19.1 Å². The lowest BCUT2D eigenvalue weighted by molar-refractivity contribution is 0.102. The Hall–Kier alpha value is -1.61. The van der Waals surface area contributed by atoms with Gasteiger partial charge in [-0.1, -0.05) is 6.07 Å². The van der Waals surface area contributed by atoms with Crippen LogP contribution in [0.15, 0.2) is 36.4 Å². The van der Waals surface area contributed by atoms with Crippen molar-refractivity contribution in [2.24, 2.45) is 0 Å². The van der Waals surface area contributed by atoms with Gasteiger partial charge in [0.25, 0.3) is 5.91 Å². The summed E-state index contributed by atoms with van der Waals surface area (Å²) in [5, 5.41) is 2.84. The number of benzene rings is 2. The van der Waals surface area contributed by atoms with Crippen LogP contribution >= 0.6 is 22.6 Å². The van der Waals surface area contributed by atoms with Gasteiger partial charge in [0.1, 0.15) is 0 Å². The lowest BCUT2D eigenvalue weighted by Gasteiger charge is -2.12. The maximum absolute atomic E-state index is 12.4. The second-order valence-electron chi connectivity index (χ2n) is 5.32. The van der Waals surface area contributed by atoms with Gasteiger partial charge in [0.15, 0.2) is 0 Å². The topological polar surface area (TPSA) is 75.3 Å². The molecule has 122 valence electrons. The molecule has 0 heterocycles. The summed E-state index contributed by atoms with van der Waals surface area (Å²) in [5.74, 6) is -0.286. The molecule has 0 saturated heterocycles. The summed E-state index contributed by atoms with van der Waals surface area (Å²) in [4.78, 5) is 12.4. The van der Waals surface area contributed by atoms with Gasteiger partial charge in [-0.05, 0) is 77.9 Å². The number of anilines is 2. The van der Waals surface area contributed by atoms with Crippen LogP contribution in [0.3, 0.4) is 0 Å². The van der Waals surface area contributed by atoms with Crippen LogP contribution < -0.4 is 10.0 Å². The normalized spacial score (nSPS) is 11.1. The highest BCUT2D eigenvalue weighted by Gasteiger charge is 2.12. The third-order valence-electron chi connectivity index (χ3n) is 3.23. The van der Waals surface area contributed by atoms with Crippen molar-refractivity contribution in [1.82, 2.24) is 0 Å². The number of carbonyl (C=O) groups excluding carboxylic acids is 1. The van der Waals surface area contributed by atoms with E-state index in [9.17, 15) is 13.2 Å². The van der Waals surface area contributed by atoms with Crippen molar-refractivity contribution in [1.29, 1.82) is 0 Å². The number of nitrogens with one attached hydrogen (secondary N) is 2. The van der Waals surface area contributed by atoms with Crippen molar-refractivity contribution < 1.29 is 13.2 Å². The molecule has 0 radical (unpaired) electrons. The highest BCUT2D eigenvalue weighted by molar-refractivity contribution is 14.1. The van der Waals surface area contributed by atoms with Crippen LogP contribution in [0.2, 0.25) is 0 Å². The smallest absolute Gasteiger partial charge is 0.255 e. The van der Waals surface area contributed by atoms with Gasteiger partial charge in [0, 0.05) is 14.8 Å². The molecule has 0 atom stereocenters. The largest absolute Gasteiger partial charge is 0.322 e. The third kappa shape index (κ3) is 4.93. The van der Waals surface area contributed by atoms with E-state index in [-0.39, 0.29) is 5.91 Å². The van der Waals surface area contributed by atoms with Crippen LogP contribution in [0.1, 0.15) is 21.5 Å². The van der Waals surface area contributed by atoms with Crippen LogP contribution in [-0.4, -0.2) is 20.6 Å². The van der Waals surface area contributed by atoms with Crippen molar-refractivity contribution in [2.45, 2.75) is 13.8 Å². The summed E-state index contributed by atoms with van der Waals surface area (Å²) < 4.78 is 26.3. The van der Waals surface area contributed by atoms with E-state index < -0.39 is 10.0 Å². The Morgan fingerprint density at radius 3 is 2.30 bits per heavy atom. The number of hydrogen-bond acceptors (Lipinski definition) is 3. The number of sulfonamides is 1. The van der Waals surface area contributed by atoms with Crippen LogP contribution in [0.4, 0.5) is 11.4 Å². The number of rotatable bonds is 4. The lowest BCUT2D eigenvalue weighted by Crippen LogP contribution is -2.15. The Kier molecular flexibility index (Phi) is 5.30. The van der Waals surface area contributed by atoms with E-state index in [1.807, 2.05) is 25.1 Å². The Bertz CT molecular complexity index is 864. The van der Waals surface area contributed by atoms with Crippen LogP contribution in [0.25, 0.3) is 0 Å². The predicted octanol–water partition coefficient (Wildman–Crippen LogP) is 3.53. The molecule has 0 fully saturated rings.